The Bertz CT molecular complexity index is 339. The van der Waals surface area contributed by atoms with Crippen molar-refractivity contribution in [3.05, 3.63) is 41.4 Å². The van der Waals surface area contributed by atoms with E-state index in [1.807, 2.05) is 18.2 Å². The average Bonchev–Trinajstić information content (AvgIpc) is 2.21. The van der Waals surface area contributed by atoms with Crippen molar-refractivity contribution in [3.63, 3.8) is 0 Å². The van der Waals surface area contributed by atoms with E-state index in [9.17, 15) is 0 Å². The number of hydrogen-bond donors (Lipinski definition) is 3. The Morgan fingerprint density at radius 2 is 2.27 bits per heavy atom. The maximum absolute atomic E-state index is 5.86. The van der Waals surface area contributed by atoms with Crippen LogP contribution in [0, 0.1) is 0 Å². The zero-order valence-corrected chi connectivity index (χ0v) is 9.30. The van der Waals surface area contributed by atoms with Gasteiger partial charge in [-0.15, -0.1) is 6.58 Å². The normalized spacial score (nSPS) is 12.4. The van der Waals surface area contributed by atoms with Gasteiger partial charge in [0.05, 0.1) is 0 Å². The van der Waals surface area contributed by atoms with Crippen LogP contribution in [0.3, 0.4) is 0 Å². The van der Waals surface area contributed by atoms with Crippen molar-refractivity contribution in [2.45, 2.75) is 18.9 Å². The maximum atomic E-state index is 5.86. The van der Waals surface area contributed by atoms with Crippen molar-refractivity contribution in [1.82, 2.24) is 5.43 Å². The van der Waals surface area contributed by atoms with Crippen LogP contribution >= 0.6 is 11.6 Å². The molecular weight excluding hydrogens is 210 g/mol. The number of rotatable bonds is 5. The smallest absolute Gasteiger partial charge is 0.0483 e. The second-order valence-corrected chi connectivity index (χ2v) is 3.79. The molecule has 0 radical (unpaired) electrons. The van der Waals surface area contributed by atoms with Gasteiger partial charge < -0.3 is 5.73 Å². The van der Waals surface area contributed by atoms with Gasteiger partial charge in [-0.2, -0.15) is 0 Å². The summed E-state index contributed by atoms with van der Waals surface area (Å²) in [5, 5.41) is 0.635. The van der Waals surface area contributed by atoms with Crippen molar-refractivity contribution in [2.75, 3.05) is 5.73 Å². The van der Waals surface area contributed by atoms with Crippen LogP contribution in [0.15, 0.2) is 30.9 Å². The number of hydrazine groups is 1. The summed E-state index contributed by atoms with van der Waals surface area (Å²) in [4.78, 5) is 0. The first-order valence-corrected chi connectivity index (χ1v) is 5.18. The molecule has 0 aliphatic carbocycles. The summed E-state index contributed by atoms with van der Waals surface area (Å²) in [5.41, 5.74) is 10.2. The first kappa shape index (κ1) is 12.0. The van der Waals surface area contributed by atoms with E-state index >= 15 is 0 Å². The van der Waals surface area contributed by atoms with Gasteiger partial charge in [0, 0.05) is 16.8 Å². The number of benzene rings is 1. The largest absolute Gasteiger partial charge is 0.398 e. The summed E-state index contributed by atoms with van der Waals surface area (Å²) in [6, 6.07) is 5.48. The summed E-state index contributed by atoms with van der Waals surface area (Å²) in [6.07, 6.45) is 3.61. The monoisotopic (exact) mass is 225 g/mol. The molecule has 1 atom stereocenters. The maximum Gasteiger partial charge on any atom is 0.0483 e. The third kappa shape index (κ3) is 3.23. The number of hydrogen-bond acceptors (Lipinski definition) is 3. The van der Waals surface area contributed by atoms with Gasteiger partial charge in [0.2, 0.25) is 0 Å². The summed E-state index contributed by atoms with van der Waals surface area (Å²) in [6.45, 7) is 3.68. The van der Waals surface area contributed by atoms with Crippen molar-refractivity contribution in [3.8, 4) is 0 Å². The Morgan fingerprint density at radius 3 is 2.80 bits per heavy atom. The third-order valence-electron chi connectivity index (χ3n) is 2.28. The van der Waals surface area contributed by atoms with Crippen LogP contribution in [-0.4, -0.2) is 0 Å². The molecule has 1 aromatic rings. The molecule has 82 valence electrons. The Balaban J connectivity index is 2.86. The van der Waals surface area contributed by atoms with Gasteiger partial charge in [-0.25, -0.2) is 0 Å². The molecule has 3 nitrogen and oxygen atoms in total. The van der Waals surface area contributed by atoms with Crippen molar-refractivity contribution in [2.24, 2.45) is 5.84 Å². The SMILES string of the molecule is C=CCCC(NN)c1ccc(Cl)cc1N. The Kier molecular flexibility index (Phi) is 4.62. The molecule has 1 rings (SSSR count). The van der Waals surface area contributed by atoms with Gasteiger partial charge in [0.25, 0.3) is 0 Å². The predicted molar refractivity (Wildman–Crippen MR) is 65.4 cm³/mol. The van der Waals surface area contributed by atoms with E-state index in [1.54, 1.807) is 6.07 Å². The number of nitrogens with one attached hydrogen (secondary N) is 1. The van der Waals surface area contributed by atoms with Gasteiger partial charge >= 0.3 is 0 Å². The van der Waals surface area contributed by atoms with E-state index in [4.69, 9.17) is 23.2 Å². The Labute approximate surface area is 95.1 Å². The molecule has 0 bridgehead atoms. The standard InChI is InChI=1S/C11H16ClN3/c1-2-3-4-11(15-14)9-6-5-8(12)7-10(9)13/h2,5-7,11,15H,1,3-4,13-14H2. The molecule has 0 heterocycles. The van der Waals surface area contributed by atoms with Crippen molar-refractivity contribution >= 4 is 17.3 Å². The number of nitrogens with two attached hydrogens (primary N) is 2. The zero-order valence-electron chi connectivity index (χ0n) is 8.54. The quantitative estimate of drug-likeness (QED) is 0.312. The molecule has 0 amide bonds. The molecule has 0 saturated carbocycles. The minimum atomic E-state index is 0.0419. The van der Waals surface area contributed by atoms with Gasteiger partial charge in [0.1, 0.15) is 0 Å². The lowest BCUT2D eigenvalue weighted by Gasteiger charge is -2.17. The molecule has 0 fully saturated rings. The molecule has 1 aromatic carbocycles. The van der Waals surface area contributed by atoms with E-state index in [0.717, 1.165) is 18.4 Å². The van der Waals surface area contributed by atoms with E-state index in [1.165, 1.54) is 0 Å². The van der Waals surface area contributed by atoms with Crippen LogP contribution in [0.4, 0.5) is 5.69 Å². The molecular formula is C11H16ClN3. The zero-order chi connectivity index (χ0) is 11.3. The van der Waals surface area contributed by atoms with E-state index in [0.29, 0.717) is 10.7 Å². The molecule has 0 saturated heterocycles. The Morgan fingerprint density at radius 1 is 1.53 bits per heavy atom. The number of anilines is 1. The first-order chi connectivity index (χ1) is 7.19. The third-order valence-corrected chi connectivity index (χ3v) is 2.52. The first-order valence-electron chi connectivity index (χ1n) is 4.81. The van der Waals surface area contributed by atoms with E-state index in [-0.39, 0.29) is 6.04 Å². The number of halogens is 1. The van der Waals surface area contributed by atoms with Crippen molar-refractivity contribution < 1.29 is 0 Å². The summed E-state index contributed by atoms with van der Waals surface area (Å²) in [7, 11) is 0. The molecule has 1 unspecified atom stereocenters. The van der Waals surface area contributed by atoms with Crippen LogP contribution < -0.4 is 17.0 Å². The molecule has 0 aliphatic heterocycles. The van der Waals surface area contributed by atoms with Crippen LogP contribution in [0.5, 0.6) is 0 Å². The molecule has 15 heavy (non-hydrogen) atoms. The molecule has 5 N–H and O–H groups in total. The van der Waals surface area contributed by atoms with Crippen molar-refractivity contribution in [1.29, 1.82) is 0 Å². The highest BCUT2D eigenvalue weighted by Gasteiger charge is 2.11. The van der Waals surface area contributed by atoms with Crippen LogP contribution in [0.2, 0.25) is 5.02 Å². The van der Waals surface area contributed by atoms with E-state index in [2.05, 4.69) is 12.0 Å². The van der Waals surface area contributed by atoms with Gasteiger partial charge in [-0.3, -0.25) is 11.3 Å². The highest BCUT2D eigenvalue weighted by Crippen LogP contribution is 2.26. The predicted octanol–water partition coefficient (Wildman–Crippen LogP) is 2.39. The molecule has 0 spiro atoms. The van der Waals surface area contributed by atoms with Crippen LogP contribution in [0.1, 0.15) is 24.4 Å². The minimum Gasteiger partial charge on any atom is -0.398 e. The fourth-order valence-electron chi connectivity index (χ4n) is 1.48. The molecule has 0 aliphatic rings. The highest BCUT2D eigenvalue weighted by molar-refractivity contribution is 6.30. The average molecular weight is 226 g/mol. The molecule has 4 heteroatoms. The number of allylic oxidation sites excluding steroid dienone is 1. The van der Waals surface area contributed by atoms with Gasteiger partial charge in [-0.1, -0.05) is 23.7 Å². The second-order valence-electron chi connectivity index (χ2n) is 3.36. The van der Waals surface area contributed by atoms with Crippen LogP contribution in [0.25, 0.3) is 0 Å². The van der Waals surface area contributed by atoms with Crippen LogP contribution in [-0.2, 0) is 0 Å². The topological polar surface area (TPSA) is 64.1 Å². The lowest BCUT2D eigenvalue weighted by Crippen LogP contribution is -2.28. The minimum absolute atomic E-state index is 0.0419. The summed E-state index contributed by atoms with van der Waals surface area (Å²) >= 11 is 5.82. The second kappa shape index (κ2) is 5.75. The van der Waals surface area contributed by atoms with E-state index < -0.39 is 0 Å². The summed E-state index contributed by atoms with van der Waals surface area (Å²) < 4.78 is 0. The fraction of sp³-hybridized carbons (Fsp3) is 0.273. The Hall–Kier alpha value is -1.03. The number of nitrogen functional groups attached to an aromatic ring is 1. The fourth-order valence-corrected chi connectivity index (χ4v) is 1.66. The lowest BCUT2D eigenvalue weighted by molar-refractivity contribution is 0.522. The summed E-state index contributed by atoms with van der Waals surface area (Å²) in [5.74, 6) is 5.48. The van der Waals surface area contributed by atoms with Gasteiger partial charge in [0.15, 0.2) is 0 Å². The molecule has 0 aromatic heterocycles. The van der Waals surface area contributed by atoms with Gasteiger partial charge in [-0.05, 0) is 30.5 Å². The lowest BCUT2D eigenvalue weighted by atomic mass is 10.0. The highest BCUT2D eigenvalue weighted by atomic mass is 35.5.